The van der Waals surface area contributed by atoms with E-state index in [1.807, 2.05) is 48.5 Å². The van der Waals surface area contributed by atoms with Crippen molar-refractivity contribution >= 4 is 5.97 Å². The molecule has 0 fully saturated rings. The van der Waals surface area contributed by atoms with Crippen molar-refractivity contribution in [2.24, 2.45) is 0 Å². The van der Waals surface area contributed by atoms with Gasteiger partial charge in [0, 0.05) is 5.56 Å². The molecule has 192 valence electrons. The maximum absolute atomic E-state index is 12.6. The molecule has 0 saturated heterocycles. The average molecular weight is 488 g/mol. The average Bonchev–Trinajstić information content (AvgIpc) is 2.92. The molecule has 36 heavy (non-hydrogen) atoms. The maximum atomic E-state index is 12.6. The van der Waals surface area contributed by atoms with E-state index in [4.69, 9.17) is 9.47 Å². The fourth-order valence-electron chi connectivity index (χ4n) is 4.13. The Morgan fingerprint density at radius 1 is 0.694 bits per heavy atom. The first-order valence-electron chi connectivity index (χ1n) is 13.7. The molecule has 4 heteroatoms. The molecule has 3 rings (SSSR count). The number of aromatic nitrogens is 1. The second-order valence-electron chi connectivity index (χ2n) is 9.42. The molecule has 2 aromatic carbocycles. The molecular formula is C32H41NO3. The highest BCUT2D eigenvalue weighted by Crippen LogP contribution is 2.23. The van der Waals surface area contributed by atoms with E-state index in [2.05, 4.69) is 18.8 Å². The molecule has 0 bridgehead atoms. The topological polar surface area (TPSA) is 48.4 Å². The number of unbranched alkanes of at least 4 members (excludes halogenated alkanes) is 8. The normalized spacial score (nSPS) is 10.8. The van der Waals surface area contributed by atoms with Crippen molar-refractivity contribution in [1.82, 2.24) is 4.98 Å². The molecule has 0 radical (unpaired) electrons. The molecule has 0 atom stereocenters. The minimum atomic E-state index is -0.340. The molecule has 0 saturated carbocycles. The lowest BCUT2D eigenvalue weighted by Gasteiger charge is -2.08. The molecule has 4 nitrogen and oxygen atoms in total. The van der Waals surface area contributed by atoms with E-state index in [-0.39, 0.29) is 5.97 Å². The van der Waals surface area contributed by atoms with Crippen molar-refractivity contribution in [1.29, 1.82) is 0 Å². The van der Waals surface area contributed by atoms with Gasteiger partial charge in [0.05, 0.1) is 24.1 Å². The number of hydrogen-bond donors (Lipinski definition) is 0. The first-order chi connectivity index (χ1) is 17.7. The molecule has 0 spiro atoms. The Morgan fingerprint density at radius 2 is 1.33 bits per heavy atom. The van der Waals surface area contributed by atoms with Crippen LogP contribution in [0.2, 0.25) is 0 Å². The smallest absolute Gasteiger partial charge is 0.343 e. The van der Waals surface area contributed by atoms with Crippen LogP contribution in [0.5, 0.6) is 11.5 Å². The van der Waals surface area contributed by atoms with E-state index in [0.29, 0.717) is 11.3 Å². The fourth-order valence-corrected chi connectivity index (χ4v) is 4.13. The first-order valence-corrected chi connectivity index (χ1v) is 13.7. The fraction of sp³-hybridized carbons (Fsp3) is 0.438. The van der Waals surface area contributed by atoms with Crippen LogP contribution in [0, 0.1) is 0 Å². The Kier molecular flexibility index (Phi) is 12.0. The summed E-state index contributed by atoms with van der Waals surface area (Å²) in [6.07, 6.45) is 15.3. The van der Waals surface area contributed by atoms with E-state index in [9.17, 15) is 4.79 Å². The zero-order valence-electron chi connectivity index (χ0n) is 22.0. The van der Waals surface area contributed by atoms with Gasteiger partial charge in [-0.2, -0.15) is 0 Å². The lowest BCUT2D eigenvalue weighted by Crippen LogP contribution is -2.08. The molecule has 1 heterocycles. The monoisotopic (exact) mass is 487 g/mol. The van der Waals surface area contributed by atoms with Gasteiger partial charge in [0.15, 0.2) is 0 Å². The van der Waals surface area contributed by atoms with Crippen LogP contribution in [-0.2, 0) is 6.42 Å². The third-order valence-corrected chi connectivity index (χ3v) is 6.37. The molecule has 1 aromatic heterocycles. The van der Waals surface area contributed by atoms with Crippen molar-refractivity contribution in [2.75, 3.05) is 6.61 Å². The summed E-state index contributed by atoms with van der Waals surface area (Å²) in [7, 11) is 0. The summed E-state index contributed by atoms with van der Waals surface area (Å²) in [6.45, 7) is 5.17. The van der Waals surface area contributed by atoms with Crippen molar-refractivity contribution < 1.29 is 14.3 Å². The Hall–Kier alpha value is -3.14. The third kappa shape index (κ3) is 9.49. The summed E-state index contributed by atoms with van der Waals surface area (Å²) in [4.78, 5) is 17.1. The van der Waals surface area contributed by atoms with Gasteiger partial charge >= 0.3 is 5.97 Å². The van der Waals surface area contributed by atoms with Gasteiger partial charge in [-0.05, 0) is 73.4 Å². The molecule has 3 aromatic rings. The van der Waals surface area contributed by atoms with Gasteiger partial charge in [0.1, 0.15) is 11.5 Å². The summed E-state index contributed by atoms with van der Waals surface area (Å²) >= 11 is 0. The Morgan fingerprint density at radius 3 is 2.00 bits per heavy atom. The molecule has 0 amide bonds. The Labute approximate surface area is 217 Å². The number of carbonyl (C=O) groups excluding carboxylic acids is 1. The second kappa shape index (κ2) is 15.8. The lowest BCUT2D eigenvalue weighted by molar-refractivity contribution is 0.0734. The summed E-state index contributed by atoms with van der Waals surface area (Å²) in [6, 6.07) is 19.1. The number of aryl methyl sites for hydroxylation is 1. The molecule has 0 N–H and O–H groups in total. The van der Waals surface area contributed by atoms with Gasteiger partial charge in [-0.3, -0.25) is 4.98 Å². The highest BCUT2D eigenvalue weighted by atomic mass is 16.5. The zero-order valence-corrected chi connectivity index (χ0v) is 22.0. The van der Waals surface area contributed by atoms with Gasteiger partial charge < -0.3 is 9.47 Å². The van der Waals surface area contributed by atoms with Crippen LogP contribution in [-0.4, -0.2) is 17.6 Å². The van der Waals surface area contributed by atoms with Gasteiger partial charge in [-0.1, -0.05) is 77.3 Å². The van der Waals surface area contributed by atoms with E-state index in [0.717, 1.165) is 36.5 Å². The number of rotatable bonds is 16. The number of benzene rings is 2. The number of nitrogens with zero attached hydrogens (tertiary/aromatic N) is 1. The lowest BCUT2D eigenvalue weighted by atomic mass is 10.0. The number of carbonyl (C=O) groups is 1. The molecule has 0 unspecified atom stereocenters. The maximum Gasteiger partial charge on any atom is 0.343 e. The van der Waals surface area contributed by atoms with Crippen LogP contribution >= 0.6 is 0 Å². The zero-order chi connectivity index (χ0) is 25.4. The van der Waals surface area contributed by atoms with Gasteiger partial charge in [0.25, 0.3) is 0 Å². The van der Waals surface area contributed by atoms with E-state index < -0.39 is 0 Å². The minimum absolute atomic E-state index is 0.340. The van der Waals surface area contributed by atoms with Crippen LogP contribution in [0.25, 0.3) is 11.3 Å². The van der Waals surface area contributed by atoms with E-state index in [1.165, 1.54) is 63.4 Å². The standard InChI is InChI=1S/C32H41NO3/c1-3-5-7-9-10-11-13-26-14-16-28(17-15-26)32(34)36-29-20-18-27(19-21-29)31-23-22-30(25-33-31)35-24-12-8-6-4-2/h14-23,25H,3-13,24H2,1-2H3. The van der Waals surface area contributed by atoms with Gasteiger partial charge in [0.2, 0.25) is 0 Å². The number of ether oxygens (including phenoxy) is 2. The summed E-state index contributed by atoms with van der Waals surface area (Å²) in [5.74, 6) is 0.971. The molecule has 0 aliphatic carbocycles. The van der Waals surface area contributed by atoms with Crippen LogP contribution in [0.15, 0.2) is 66.9 Å². The predicted molar refractivity (Wildman–Crippen MR) is 148 cm³/mol. The van der Waals surface area contributed by atoms with Crippen molar-refractivity contribution in [2.45, 2.75) is 84.5 Å². The van der Waals surface area contributed by atoms with Crippen molar-refractivity contribution in [3.8, 4) is 22.8 Å². The summed E-state index contributed by atoms with van der Waals surface area (Å²) < 4.78 is 11.4. The number of esters is 1. The largest absolute Gasteiger partial charge is 0.492 e. The highest BCUT2D eigenvalue weighted by Gasteiger charge is 2.09. The number of pyridine rings is 1. The van der Waals surface area contributed by atoms with Crippen LogP contribution in [0.3, 0.4) is 0 Å². The van der Waals surface area contributed by atoms with Gasteiger partial charge in [-0.25, -0.2) is 4.79 Å². The SMILES string of the molecule is CCCCCCCCc1ccc(C(=O)Oc2ccc(-c3ccc(OCCCCCC)cn3)cc2)cc1. The molecular weight excluding hydrogens is 446 g/mol. The Balaban J connectivity index is 1.44. The van der Waals surface area contributed by atoms with E-state index >= 15 is 0 Å². The predicted octanol–water partition coefficient (Wildman–Crippen LogP) is 8.83. The summed E-state index contributed by atoms with van der Waals surface area (Å²) in [5, 5.41) is 0. The van der Waals surface area contributed by atoms with Crippen LogP contribution < -0.4 is 9.47 Å². The third-order valence-electron chi connectivity index (χ3n) is 6.37. The van der Waals surface area contributed by atoms with Crippen LogP contribution in [0.4, 0.5) is 0 Å². The van der Waals surface area contributed by atoms with Crippen molar-refractivity contribution in [3.63, 3.8) is 0 Å². The van der Waals surface area contributed by atoms with Crippen molar-refractivity contribution in [3.05, 3.63) is 78.0 Å². The van der Waals surface area contributed by atoms with Gasteiger partial charge in [-0.15, -0.1) is 0 Å². The highest BCUT2D eigenvalue weighted by molar-refractivity contribution is 5.91. The van der Waals surface area contributed by atoms with E-state index in [1.54, 1.807) is 18.3 Å². The number of hydrogen-bond acceptors (Lipinski definition) is 4. The second-order valence-corrected chi connectivity index (χ2v) is 9.42. The minimum Gasteiger partial charge on any atom is -0.492 e. The summed E-state index contributed by atoms with van der Waals surface area (Å²) in [5.41, 5.74) is 3.65. The molecule has 0 aliphatic rings. The van der Waals surface area contributed by atoms with Crippen LogP contribution in [0.1, 0.15) is 94.0 Å². The quantitative estimate of drug-likeness (QED) is 0.115. The molecule has 0 aliphatic heterocycles. The first kappa shape index (κ1) is 27.4. The Bertz CT molecular complexity index is 1010.